The first-order valence-electron chi connectivity index (χ1n) is 7.43. The van der Waals surface area contributed by atoms with E-state index in [2.05, 4.69) is 4.72 Å². The molecule has 1 aliphatic rings. The van der Waals surface area contributed by atoms with E-state index in [1.54, 1.807) is 12.1 Å². The molecule has 0 saturated heterocycles. The zero-order chi connectivity index (χ0) is 15.1. The van der Waals surface area contributed by atoms with Crippen molar-refractivity contribution >= 4 is 10.0 Å². The van der Waals surface area contributed by atoms with Gasteiger partial charge in [-0.2, -0.15) is 0 Å². The minimum Gasteiger partial charge on any atom is -0.394 e. The lowest BCUT2D eigenvalue weighted by molar-refractivity contribution is 0.0913. The van der Waals surface area contributed by atoms with Gasteiger partial charge in [-0.1, -0.05) is 6.07 Å². The highest BCUT2D eigenvalue weighted by Crippen LogP contribution is 2.23. The molecule has 6 heteroatoms. The maximum Gasteiger partial charge on any atom is 0.240 e. The van der Waals surface area contributed by atoms with Crippen LogP contribution >= 0.6 is 0 Å². The van der Waals surface area contributed by atoms with Gasteiger partial charge in [-0.15, -0.1) is 0 Å². The smallest absolute Gasteiger partial charge is 0.240 e. The van der Waals surface area contributed by atoms with Crippen molar-refractivity contribution in [2.24, 2.45) is 0 Å². The molecule has 1 aromatic rings. The van der Waals surface area contributed by atoms with Crippen molar-refractivity contribution in [1.82, 2.24) is 4.72 Å². The van der Waals surface area contributed by atoms with Crippen LogP contribution in [-0.4, -0.2) is 39.9 Å². The summed E-state index contributed by atoms with van der Waals surface area (Å²) in [5.74, 6) is 0. The number of sulfonamides is 1. The Bertz CT molecular complexity index is 557. The molecule has 0 spiro atoms. The second-order valence-corrected chi connectivity index (χ2v) is 6.99. The summed E-state index contributed by atoms with van der Waals surface area (Å²) < 4.78 is 32.1. The fourth-order valence-electron chi connectivity index (χ4n) is 2.51. The summed E-state index contributed by atoms with van der Waals surface area (Å²) in [5.41, 5.74) is 2.44. The van der Waals surface area contributed by atoms with Crippen LogP contribution in [0, 0.1) is 0 Å². The summed E-state index contributed by atoms with van der Waals surface area (Å²) in [6.07, 6.45) is 4.92. The number of rotatable bonds is 8. The fourth-order valence-corrected chi connectivity index (χ4v) is 3.63. The number of benzene rings is 1. The lowest BCUT2D eigenvalue weighted by Gasteiger charge is -2.16. The number of hydrogen-bond donors (Lipinski definition) is 2. The zero-order valence-corrected chi connectivity index (χ0v) is 13.0. The predicted molar refractivity (Wildman–Crippen MR) is 80.8 cm³/mol. The molecule has 1 aliphatic carbocycles. The van der Waals surface area contributed by atoms with Crippen LogP contribution < -0.4 is 4.72 Å². The predicted octanol–water partition coefficient (Wildman–Crippen LogP) is 1.24. The Hall–Kier alpha value is -0.950. The minimum atomic E-state index is -3.44. The first-order valence-corrected chi connectivity index (χ1v) is 8.92. The number of ether oxygens (including phenoxy) is 1. The molecule has 0 unspecified atom stereocenters. The molecule has 0 fully saturated rings. The molecule has 0 bridgehead atoms. The van der Waals surface area contributed by atoms with Gasteiger partial charge in [0.25, 0.3) is 0 Å². The minimum absolute atomic E-state index is 0.0130. The van der Waals surface area contributed by atoms with E-state index in [-0.39, 0.29) is 13.2 Å². The van der Waals surface area contributed by atoms with Crippen LogP contribution in [0.5, 0.6) is 0 Å². The number of nitrogens with one attached hydrogen (secondary N) is 1. The maximum absolute atomic E-state index is 12.2. The quantitative estimate of drug-likeness (QED) is 0.708. The highest BCUT2D eigenvalue weighted by molar-refractivity contribution is 7.89. The largest absolute Gasteiger partial charge is 0.394 e. The van der Waals surface area contributed by atoms with E-state index in [4.69, 9.17) is 9.84 Å². The third-order valence-electron chi connectivity index (χ3n) is 3.62. The Labute approximate surface area is 126 Å². The Morgan fingerprint density at radius 3 is 2.67 bits per heavy atom. The summed E-state index contributed by atoms with van der Waals surface area (Å²) in [5, 5.41) is 8.56. The van der Waals surface area contributed by atoms with E-state index in [1.165, 1.54) is 12.0 Å². The van der Waals surface area contributed by atoms with Gasteiger partial charge in [-0.05, 0) is 55.4 Å². The molecule has 2 rings (SSSR count). The Morgan fingerprint density at radius 1 is 1.14 bits per heavy atom. The normalized spacial score (nSPS) is 14.9. The second-order valence-electron chi connectivity index (χ2n) is 5.22. The van der Waals surface area contributed by atoms with Crippen LogP contribution in [0.2, 0.25) is 0 Å². The molecule has 2 N–H and O–H groups in total. The molecule has 0 amide bonds. The summed E-state index contributed by atoms with van der Waals surface area (Å²) in [4.78, 5) is 0.347. The third kappa shape index (κ3) is 4.78. The van der Waals surface area contributed by atoms with Gasteiger partial charge in [0.15, 0.2) is 0 Å². The molecular weight excluding hydrogens is 290 g/mol. The van der Waals surface area contributed by atoms with Crippen LogP contribution in [0.15, 0.2) is 23.1 Å². The van der Waals surface area contributed by atoms with E-state index in [9.17, 15) is 8.42 Å². The lowest BCUT2D eigenvalue weighted by Crippen LogP contribution is -2.26. The van der Waals surface area contributed by atoms with Gasteiger partial charge in [-0.3, -0.25) is 0 Å². The van der Waals surface area contributed by atoms with Crippen molar-refractivity contribution in [3.8, 4) is 0 Å². The summed E-state index contributed by atoms with van der Waals surface area (Å²) >= 11 is 0. The second kappa shape index (κ2) is 7.89. The summed E-state index contributed by atoms with van der Waals surface area (Å²) in [7, 11) is -3.44. The van der Waals surface area contributed by atoms with Crippen LogP contribution in [-0.2, 0) is 27.6 Å². The average Bonchev–Trinajstić information content (AvgIpc) is 2.50. The fraction of sp³-hybridized carbons (Fsp3) is 0.600. The van der Waals surface area contributed by atoms with E-state index < -0.39 is 10.0 Å². The molecule has 0 saturated carbocycles. The van der Waals surface area contributed by atoms with Gasteiger partial charge in [0, 0.05) is 13.2 Å². The van der Waals surface area contributed by atoms with E-state index in [1.807, 2.05) is 6.07 Å². The summed E-state index contributed by atoms with van der Waals surface area (Å²) in [6, 6.07) is 5.43. The zero-order valence-electron chi connectivity index (χ0n) is 12.2. The van der Waals surface area contributed by atoms with E-state index in [0.29, 0.717) is 24.5 Å². The maximum atomic E-state index is 12.2. The third-order valence-corrected chi connectivity index (χ3v) is 5.08. The molecule has 118 valence electrons. The molecule has 0 atom stereocenters. The van der Waals surface area contributed by atoms with Gasteiger partial charge in [0.1, 0.15) is 0 Å². The van der Waals surface area contributed by atoms with Gasteiger partial charge in [-0.25, -0.2) is 13.1 Å². The first-order chi connectivity index (χ1) is 10.1. The molecule has 0 heterocycles. The Kier molecular flexibility index (Phi) is 6.17. The van der Waals surface area contributed by atoms with Gasteiger partial charge in [0.05, 0.1) is 18.1 Å². The highest BCUT2D eigenvalue weighted by Gasteiger charge is 2.17. The van der Waals surface area contributed by atoms with Gasteiger partial charge < -0.3 is 9.84 Å². The van der Waals surface area contributed by atoms with Crippen molar-refractivity contribution in [1.29, 1.82) is 0 Å². The van der Waals surface area contributed by atoms with Crippen LogP contribution in [0.25, 0.3) is 0 Å². The van der Waals surface area contributed by atoms with E-state index >= 15 is 0 Å². The summed E-state index contributed by atoms with van der Waals surface area (Å²) in [6.45, 7) is 1.05. The van der Waals surface area contributed by atoms with Crippen molar-refractivity contribution in [3.63, 3.8) is 0 Å². The first kappa shape index (κ1) is 16.4. The van der Waals surface area contributed by atoms with Crippen molar-refractivity contribution in [2.75, 3.05) is 26.4 Å². The van der Waals surface area contributed by atoms with E-state index in [0.717, 1.165) is 24.8 Å². The molecule has 0 aliphatic heterocycles. The van der Waals surface area contributed by atoms with Crippen molar-refractivity contribution in [3.05, 3.63) is 29.3 Å². The molecule has 5 nitrogen and oxygen atoms in total. The van der Waals surface area contributed by atoms with Crippen LogP contribution in [0.4, 0.5) is 0 Å². The van der Waals surface area contributed by atoms with Gasteiger partial charge >= 0.3 is 0 Å². The monoisotopic (exact) mass is 313 g/mol. The SMILES string of the molecule is O=S(=O)(NCCCOCCO)c1ccc2c(c1)CCCC2. The van der Waals surface area contributed by atoms with Crippen molar-refractivity contribution < 1.29 is 18.3 Å². The van der Waals surface area contributed by atoms with Crippen molar-refractivity contribution in [2.45, 2.75) is 37.0 Å². The number of aliphatic hydroxyl groups excluding tert-OH is 1. The number of aryl methyl sites for hydroxylation is 2. The average molecular weight is 313 g/mol. The molecular formula is C15H23NO4S. The molecule has 0 aromatic heterocycles. The Balaban J connectivity index is 1.90. The topological polar surface area (TPSA) is 75.6 Å². The van der Waals surface area contributed by atoms with Gasteiger partial charge in [0.2, 0.25) is 10.0 Å². The lowest BCUT2D eigenvalue weighted by atomic mass is 9.92. The Morgan fingerprint density at radius 2 is 1.90 bits per heavy atom. The molecule has 21 heavy (non-hydrogen) atoms. The number of fused-ring (bicyclic) bond motifs is 1. The molecule has 1 aromatic carbocycles. The van der Waals surface area contributed by atoms with Crippen LogP contribution in [0.3, 0.4) is 0 Å². The number of hydrogen-bond acceptors (Lipinski definition) is 4. The molecule has 0 radical (unpaired) electrons. The number of aliphatic hydroxyl groups is 1. The standard InChI is InChI=1S/C15H23NO4S/c17-9-11-20-10-3-8-16-21(18,19)15-7-6-13-4-1-2-5-14(13)12-15/h6-7,12,16-17H,1-5,8-11H2. The van der Waals surface area contributed by atoms with Crippen LogP contribution in [0.1, 0.15) is 30.4 Å². The highest BCUT2D eigenvalue weighted by atomic mass is 32.2.